The van der Waals surface area contributed by atoms with Gasteiger partial charge >= 0.3 is 0 Å². The zero-order valence-corrected chi connectivity index (χ0v) is 8.24. The van der Waals surface area contributed by atoms with Crippen LogP contribution in [0.4, 0.5) is 4.39 Å². The van der Waals surface area contributed by atoms with Gasteiger partial charge in [0, 0.05) is 11.8 Å². The van der Waals surface area contributed by atoms with Crippen LogP contribution in [0.15, 0.2) is 36.7 Å². The van der Waals surface area contributed by atoms with Crippen molar-refractivity contribution in [3.8, 4) is 16.9 Å². The molecule has 2 rings (SSSR count). The second-order valence-corrected chi connectivity index (χ2v) is 3.39. The number of halogens is 1. The van der Waals surface area contributed by atoms with Gasteiger partial charge in [-0.3, -0.25) is 4.98 Å². The van der Waals surface area contributed by atoms with Crippen molar-refractivity contribution in [1.29, 1.82) is 0 Å². The molecule has 0 amide bonds. The van der Waals surface area contributed by atoms with E-state index in [-0.39, 0.29) is 11.6 Å². The molecule has 3 heteroatoms. The topological polar surface area (TPSA) is 33.1 Å². The van der Waals surface area contributed by atoms with Gasteiger partial charge in [0.1, 0.15) is 11.6 Å². The number of hydrogen-bond acceptors (Lipinski definition) is 2. The van der Waals surface area contributed by atoms with E-state index < -0.39 is 0 Å². The van der Waals surface area contributed by atoms with Gasteiger partial charge in [0.05, 0.1) is 6.20 Å². The van der Waals surface area contributed by atoms with E-state index in [4.69, 9.17) is 0 Å². The molecule has 0 aliphatic rings. The Labute approximate surface area is 87.0 Å². The van der Waals surface area contributed by atoms with Gasteiger partial charge < -0.3 is 5.11 Å². The van der Waals surface area contributed by atoms with Crippen LogP contribution in [0.5, 0.6) is 5.75 Å². The van der Waals surface area contributed by atoms with Crippen molar-refractivity contribution in [2.75, 3.05) is 0 Å². The van der Waals surface area contributed by atoms with Crippen LogP contribution in [0.1, 0.15) is 5.56 Å². The Bertz CT molecular complexity index is 497. The maximum Gasteiger partial charge on any atom is 0.142 e. The van der Waals surface area contributed by atoms with Crippen LogP contribution < -0.4 is 0 Å². The highest BCUT2D eigenvalue weighted by atomic mass is 19.1. The number of phenolic OH excluding ortho intramolecular Hbond substituents is 1. The van der Waals surface area contributed by atoms with E-state index in [0.717, 1.165) is 17.3 Å². The van der Waals surface area contributed by atoms with Crippen molar-refractivity contribution in [2.24, 2.45) is 0 Å². The summed E-state index contributed by atoms with van der Waals surface area (Å²) in [6, 6.07) is 6.54. The van der Waals surface area contributed by atoms with Crippen LogP contribution in [0, 0.1) is 12.7 Å². The van der Waals surface area contributed by atoms with E-state index in [1.54, 1.807) is 31.3 Å². The molecular weight excluding hydrogens is 193 g/mol. The Morgan fingerprint density at radius 3 is 2.60 bits per heavy atom. The molecule has 0 fully saturated rings. The molecule has 76 valence electrons. The number of nitrogens with zero attached hydrogens (tertiary/aromatic N) is 1. The summed E-state index contributed by atoms with van der Waals surface area (Å²) in [5, 5.41) is 9.36. The number of pyridine rings is 1. The van der Waals surface area contributed by atoms with Gasteiger partial charge in [-0.2, -0.15) is 0 Å². The van der Waals surface area contributed by atoms with Crippen molar-refractivity contribution in [1.82, 2.24) is 4.98 Å². The van der Waals surface area contributed by atoms with Crippen LogP contribution in [0.2, 0.25) is 0 Å². The normalized spacial score (nSPS) is 10.3. The van der Waals surface area contributed by atoms with Crippen molar-refractivity contribution in [2.45, 2.75) is 6.92 Å². The molecule has 1 aromatic carbocycles. The van der Waals surface area contributed by atoms with E-state index in [9.17, 15) is 9.50 Å². The van der Waals surface area contributed by atoms with Crippen LogP contribution in [-0.4, -0.2) is 10.1 Å². The highest BCUT2D eigenvalue weighted by molar-refractivity contribution is 5.64. The standard InChI is InChI=1S/C12H10FNO/c1-8-4-9(2-3-12(8)15)10-5-11(13)7-14-6-10/h2-7,15H,1H3. The number of benzene rings is 1. The van der Waals surface area contributed by atoms with Crippen LogP contribution in [0.25, 0.3) is 11.1 Å². The molecule has 1 N–H and O–H groups in total. The first kappa shape index (κ1) is 9.65. The van der Waals surface area contributed by atoms with Gasteiger partial charge in [-0.25, -0.2) is 4.39 Å². The second kappa shape index (κ2) is 3.69. The van der Waals surface area contributed by atoms with E-state index in [2.05, 4.69) is 4.98 Å². The lowest BCUT2D eigenvalue weighted by Crippen LogP contribution is -1.84. The predicted molar refractivity (Wildman–Crippen MR) is 56.0 cm³/mol. The first-order chi connectivity index (χ1) is 7.16. The van der Waals surface area contributed by atoms with Crippen LogP contribution >= 0.6 is 0 Å². The fraction of sp³-hybridized carbons (Fsp3) is 0.0833. The summed E-state index contributed by atoms with van der Waals surface area (Å²) in [5.74, 6) is -0.124. The number of phenols is 1. The fourth-order valence-corrected chi connectivity index (χ4v) is 1.40. The molecule has 0 radical (unpaired) electrons. The van der Waals surface area contributed by atoms with Crippen molar-refractivity contribution >= 4 is 0 Å². The molecular formula is C12H10FNO. The first-order valence-electron chi connectivity index (χ1n) is 4.57. The van der Waals surface area contributed by atoms with Crippen molar-refractivity contribution in [3.05, 3.63) is 48.0 Å². The highest BCUT2D eigenvalue weighted by Gasteiger charge is 2.02. The van der Waals surface area contributed by atoms with Gasteiger partial charge in [-0.1, -0.05) is 6.07 Å². The molecule has 0 saturated carbocycles. The highest BCUT2D eigenvalue weighted by Crippen LogP contribution is 2.24. The molecule has 0 aliphatic heterocycles. The summed E-state index contributed by atoms with van der Waals surface area (Å²) in [6.07, 6.45) is 2.76. The minimum absolute atomic E-state index is 0.239. The van der Waals surface area contributed by atoms with E-state index >= 15 is 0 Å². The smallest absolute Gasteiger partial charge is 0.142 e. The molecule has 15 heavy (non-hydrogen) atoms. The molecule has 2 nitrogen and oxygen atoms in total. The minimum atomic E-state index is -0.363. The third-order valence-corrected chi connectivity index (χ3v) is 2.24. The largest absolute Gasteiger partial charge is 0.508 e. The minimum Gasteiger partial charge on any atom is -0.508 e. The Morgan fingerprint density at radius 2 is 1.93 bits per heavy atom. The first-order valence-corrected chi connectivity index (χ1v) is 4.57. The zero-order chi connectivity index (χ0) is 10.8. The summed E-state index contributed by atoms with van der Waals surface area (Å²) >= 11 is 0. The molecule has 0 unspecified atom stereocenters. The lowest BCUT2D eigenvalue weighted by molar-refractivity contribution is 0.471. The summed E-state index contributed by atoms with van der Waals surface area (Å²) in [5.41, 5.74) is 2.31. The number of rotatable bonds is 1. The second-order valence-electron chi connectivity index (χ2n) is 3.39. The average Bonchev–Trinajstić information content (AvgIpc) is 2.22. The number of aromatic hydroxyl groups is 1. The third-order valence-electron chi connectivity index (χ3n) is 2.24. The summed E-state index contributed by atoms with van der Waals surface area (Å²) in [6.45, 7) is 1.80. The lowest BCUT2D eigenvalue weighted by atomic mass is 10.0. The van der Waals surface area contributed by atoms with Crippen LogP contribution in [-0.2, 0) is 0 Å². The Balaban J connectivity index is 2.50. The number of aromatic nitrogens is 1. The fourth-order valence-electron chi connectivity index (χ4n) is 1.40. The Morgan fingerprint density at radius 1 is 1.13 bits per heavy atom. The lowest BCUT2D eigenvalue weighted by Gasteiger charge is -2.04. The molecule has 1 heterocycles. The van der Waals surface area contributed by atoms with E-state index in [1.165, 1.54) is 6.07 Å². The monoisotopic (exact) mass is 203 g/mol. The van der Waals surface area contributed by atoms with Gasteiger partial charge in [0.2, 0.25) is 0 Å². The molecule has 0 aliphatic carbocycles. The van der Waals surface area contributed by atoms with Crippen molar-refractivity contribution < 1.29 is 9.50 Å². The Hall–Kier alpha value is -1.90. The summed E-state index contributed by atoms with van der Waals surface area (Å²) in [7, 11) is 0. The predicted octanol–water partition coefficient (Wildman–Crippen LogP) is 2.90. The molecule has 0 saturated heterocycles. The van der Waals surface area contributed by atoms with Gasteiger partial charge in [0.15, 0.2) is 0 Å². The molecule has 2 aromatic rings. The Kier molecular flexibility index (Phi) is 2.37. The van der Waals surface area contributed by atoms with E-state index in [1.807, 2.05) is 0 Å². The van der Waals surface area contributed by atoms with Gasteiger partial charge in [0.25, 0.3) is 0 Å². The van der Waals surface area contributed by atoms with Crippen molar-refractivity contribution in [3.63, 3.8) is 0 Å². The van der Waals surface area contributed by atoms with E-state index in [0.29, 0.717) is 5.56 Å². The zero-order valence-electron chi connectivity index (χ0n) is 8.24. The van der Waals surface area contributed by atoms with Gasteiger partial charge in [-0.05, 0) is 36.2 Å². The summed E-state index contributed by atoms with van der Waals surface area (Å²) in [4.78, 5) is 3.78. The summed E-state index contributed by atoms with van der Waals surface area (Å²) < 4.78 is 12.9. The quantitative estimate of drug-likeness (QED) is 0.773. The molecule has 0 bridgehead atoms. The third kappa shape index (κ3) is 1.96. The number of hydrogen-bond donors (Lipinski definition) is 1. The molecule has 0 spiro atoms. The maximum atomic E-state index is 12.9. The van der Waals surface area contributed by atoms with Gasteiger partial charge in [-0.15, -0.1) is 0 Å². The average molecular weight is 203 g/mol. The number of aryl methyl sites for hydroxylation is 1. The SMILES string of the molecule is Cc1cc(-c2cncc(F)c2)ccc1O. The molecule has 1 aromatic heterocycles. The maximum absolute atomic E-state index is 12.9. The molecule has 0 atom stereocenters. The van der Waals surface area contributed by atoms with Crippen LogP contribution in [0.3, 0.4) is 0 Å².